The highest BCUT2D eigenvalue weighted by Crippen LogP contribution is 2.49. The van der Waals surface area contributed by atoms with Crippen LogP contribution in [0.25, 0.3) is 0 Å². The standard InChI is InChI=1S/C12H12ClF3N2O/c13-9-5-7(10(17)19)1-2-8(9)6-18-11(3-4-11)12(14,15)16/h1-2,5,18H,3-4,6H2,(H2,17,19). The van der Waals surface area contributed by atoms with E-state index in [1.807, 2.05) is 0 Å². The molecule has 0 atom stereocenters. The van der Waals surface area contributed by atoms with Crippen molar-refractivity contribution in [2.45, 2.75) is 31.1 Å². The van der Waals surface area contributed by atoms with Gasteiger partial charge in [-0.2, -0.15) is 13.2 Å². The molecule has 0 radical (unpaired) electrons. The molecule has 3 nitrogen and oxygen atoms in total. The summed E-state index contributed by atoms with van der Waals surface area (Å²) in [5.74, 6) is -0.629. The third kappa shape index (κ3) is 2.84. The number of rotatable bonds is 4. The number of benzene rings is 1. The number of alkyl halides is 3. The summed E-state index contributed by atoms with van der Waals surface area (Å²) in [4.78, 5) is 10.9. The molecule has 0 bridgehead atoms. The lowest BCUT2D eigenvalue weighted by Gasteiger charge is -2.21. The first-order valence-corrected chi connectivity index (χ1v) is 6.03. The number of hydrogen-bond acceptors (Lipinski definition) is 2. The first-order valence-electron chi connectivity index (χ1n) is 5.65. The minimum atomic E-state index is -4.26. The predicted molar refractivity (Wildman–Crippen MR) is 64.8 cm³/mol. The fourth-order valence-electron chi connectivity index (χ4n) is 1.79. The Bertz CT molecular complexity index is 512. The van der Waals surface area contributed by atoms with Gasteiger partial charge in [-0.3, -0.25) is 10.1 Å². The second kappa shape index (κ2) is 4.68. The Kier molecular flexibility index (Phi) is 3.49. The Morgan fingerprint density at radius 3 is 2.47 bits per heavy atom. The number of nitrogens with two attached hydrogens (primary N) is 1. The molecule has 0 unspecified atom stereocenters. The van der Waals surface area contributed by atoms with Crippen LogP contribution in [0.1, 0.15) is 28.8 Å². The summed E-state index contributed by atoms with van der Waals surface area (Å²) in [6, 6.07) is 4.30. The number of primary amides is 1. The SMILES string of the molecule is NC(=O)c1ccc(CNC2(C(F)(F)F)CC2)c(Cl)c1. The van der Waals surface area contributed by atoms with Gasteiger partial charge in [0, 0.05) is 17.1 Å². The molecule has 19 heavy (non-hydrogen) atoms. The van der Waals surface area contributed by atoms with E-state index in [1.165, 1.54) is 18.2 Å². The van der Waals surface area contributed by atoms with Crippen molar-refractivity contribution >= 4 is 17.5 Å². The largest absolute Gasteiger partial charge is 0.406 e. The Morgan fingerprint density at radius 2 is 2.05 bits per heavy atom. The Labute approximate surface area is 112 Å². The normalized spacial score (nSPS) is 17.3. The highest BCUT2D eigenvalue weighted by atomic mass is 35.5. The number of halogens is 4. The summed E-state index contributed by atoms with van der Waals surface area (Å²) >= 11 is 5.91. The van der Waals surface area contributed by atoms with Gasteiger partial charge in [0.15, 0.2) is 0 Å². The van der Waals surface area contributed by atoms with Crippen molar-refractivity contribution in [1.82, 2.24) is 5.32 Å². The van der Waals surface area contributed by atoms with Gasteiger partial charge in [0.05, 0.1) is 0 Å². The van der Waals surface area contributed by atoms with E-state index in [0.717, 1.165) is 0 Å². The van der Waals surface area contributed by atoms with Crippen LogP contribution >= 0.6 is 11.6 Å². The van der Waals surface area contributed by atoms with Gasteiger partial charge in [0.1, 0.15) is 5.54 Å². The van der Waals surface area contributed by atoms with Crippen LogP contribution in [0, 0.1) is 0 Å². The minimum absolute atomic E-state index is 0.00259. The highest BCUT2D eigenvalue weighted by molar-refractivity contribution is 6.31. The minimum Gasteiger partial charge on any atom is -0.366 e. The molecule has 0 saturated heterocycles. The lowest BCUT2D eigenvalue weighted by atomic mass is 10.1. The van der Waals surface area contributed by atoms with E-state index in [9.17, 15) is 18.0 Å². The third-order valence-electron chi connectivity index (χ3n) is 3.25. The van der Waals surface area contributed by atoms with Crippen molar-refractivity contribution in [3.05, 3.63) is 34.3 Å². The molecule has 2 rings (SSSR count). The quantitative estimate of drug-likeness (QED) is 0.896. The van der Waals surface area contributed by atoms with Gasteiger partial charge < -0.3 is 5.73 Å². The van der Waals surface area contributed by atoms with Gasteiger partial charge in [-0.1, -0.05) is 17.7 Å². The second-order valence-electron chi connectivity index (χ2n) is 4.60. The molecular weight excluding hydrogens is 281 g/mol. The van der Waals surface area contributed by atoms with Crippen LogP contribution < -0.4 is 11.1 Å². The summed E-state index contributed by atoms with van der Waals surface area (Å²) in [7, 11) is 0. The van der Waals surface area contributed by atoms with E-state index < -0.39 is 17.6 Å². The molecule has 1 aromatic rings. The van der Waals surface area contributed by atoms with Crippen LogP contribution in [-0.2, 0) is 6.54 Å². The molecule has 1 fully saturated rings. The highest BCUT2D eigenvalue weighted by Gasteiger charge is 2.62. The van der Waals surface area contributed by atoms with Crippen LogP contribution in [0.3, 0.4) is 0 Å². The van der Waals surface area contributed by atoms with E-state index in [1.54, 1.807) is 0 Å². The third-order valence-corrected chi connectivity index (χ3v) is 3.60. The van der Waals surface area contributed by atoms with E-state index >= 15 is 0 Å². The second-order valence-corrected chi connectivity index (χ2v) is 5.01. The topological polar surface area (TPSA) is 55.1 Å². The number of nitrogens with one attached hydrogen (secondary N) is 1. The molecule has 1 amide bonds. The molecular formula is C12H12ClF3N2O. The van der Waals surface area contributed by atoms with Gasteiger partial charge in [-0.05, 0) is 30.5 Å². The predicted octanol–water partition coefficient (Wildman–Crippen LogP) is 2.62. The smallest absolute Gasteiger partial charge is 0.366 e. The summed E-state index contributed by atoms with van der Waals surface area (Å²) in [5, 5.41) is 2.71. The molecule has 1 aromatic carbocycles. The van der Waals surface area contributed by atoms with Crippen LogP contribution in [0.2, 0.25) is 5.02 Å². The Morgan fingerprint density at radius 1 is 1.42 bits per heavy atom. The fourth-order valence-corrected chi connectivity index (χ4v) is 2.04. The van der Waals surface area contributed by atoms with Crippen molar-refractivity contribution in [2.75, 3.05) is 0 Å². The van der Waals surface area contributed by atoms with Gasteiger partial charge in [0.2, 0.25) is 5.91 Å². The number of hydrogen-bond donors (Lipinski definition) is 2. The molecule has 1 aliphatic rings. The van der Waals surface area contributed by atoms with Gasteiger partial charge in [0.25, 0.3) is 0 Å². The average Bonchev–Trinajstić information content (AvgIpc) is 3.07. The van der Waals surface area contributed by atoms with E-state index in [2.05, 4.69) is 5.32 Å². The first-order chi connectivity index (χ1) is 8.75. The monoisotopic (exact) mass is 292 g/mol. The van der Waals surface area contributed by atoms with Crippen molar-refractivity contribution in [3.8, 4) is 0 Å². The molecule has 0 spiro atoms. The summed E-state index contributed by atoms with van der Waals surface area (Å²) < 4.78 is 38.1. The summed E-state index contributed by atoms with van der Waals surface area (Å²) in [6.07, 6.45) is -4.10. The van der Waals surface area contributed by atoms with Gasteiger partial charge in [-0.25, -0.2) is 0 Å². The Balaban J connectivity index is 2.07. The summed E-state index contributed by atoms with van der Waals surface area (Å²) in [6.45, 7) is -0.00259. The number of carbonyl (C=O) groups is 1. The van der Waals surface area contributed by atoms with Crippen LogP contribution in [-0.4, -0.2) is 17.6 Å². The molecule has 0 heterocycles. The van der Waals surface area contributed by atoms with E-state index in [0.29, 0.717) is 5.56 Å². The molecule has 0 aliphatic heterocycles. The van der Waals surface area contributed by atoms with Crippen molar-refractivity contribution in [1.29, 1.82) is 0 Å². The summed E-state index contributed by atoms with van der Waals surface area (Å²) in [5.41, 5.74) is 4.03. The van der Waals surface area contributed by atoms with Crippen LogP contribution in [0.4, 0.5) is 13.2 Å². The van der Waals surface area contributed by atoms with E-state index in [4.69, 9.17) is 17.3 Å². The van der Waals surface area contributed by atoms with Crippen LogP contribution in [0.5, 0.6) is 0 Å². The zero-order valence-electron chi connectivity index (χ0n) is 9.85. The molecule has 3 N–H and O–H groups in total. The molecule has 7 heteroatoms. The lowest BCUT2D eigenvalue weighted by Crippen LogP contribution is -2.44. The maximum Gasteiger partial charge on any atom is 0.406 e. The van der Waals surface area contributed by atoms with Crippen molar-refractivity contribution in [2.24, 2.45) is 5.73 Å². The van der Waals surface area contributed by atoms with Crippen molar-refractivity contribution in [3.63, 3.8) is 0 Å². The fraction of sp³-hybridized carbons (Fsp3) is 0.417. The van der Waals surface area contributed by atoms with Gasteiger partial charge in [-0.15, -0.1) is 0 Å². The number of amides is 1. The van der Waals surface area contributed by atoms with Crippen LogP contribution in [0.15, 0.2) is 18.2 Å². The van der Waals surface area contributed by atoms with Crippen molar-refractivity contribution < 1.29 is 18.0 Å². The molecule has 0 aromatic heterocycles. The number of carbonyl (C=O) groups excluding carboxylic acids is 1. The zero-order valence-corrected chi connectivity index (χ0v) is 10.6. The molecule has 1 saturated carbocycles. The maximum atomic E-state index is 12.7. The molecule has 1 aliphatic carbocycles. The lowest BCUT2D eigenvalue weighted by molar-refractivity contribution is -0.166. The van der Waals surface area contributed by atoms with E-state index in [-0.39, 0.29) is 30.0 Å². The molecule has 104 valence electrons. The van der Waals surface area contributed by atoms with Gasteiger partial charge >= 0.3 is 6.18 Å². The zero-order chi connectivity index (χ0) is 14.3. The Hall–Kier alpha value is -1.27. The average molecular weight is 293 g/mol. The maximum absolute atomic E-state index is 12.7. The first kappa shape index (κ1) is 14.1.